The van der Waals surface area contributed by atoms with Crippen molar-refractivity contribution in [2.75, 3.05) is 13.2 Å². The van der Waals surface area contributed by atoms with Crippen molar-refractivity contribution in [3.8, 4) is 0 Å². The molecule has 0 saturated carbocycles. The van der Waals surface area contributed by atoms with Gasteiger partial charge in [-0.05, 0) is 38.5 Å². The third-order valence-electron chi connectivity index (χ3n) is 16.1. The van der Waals surface area contributed by atoms with Crippen LogP contribution < -0.4 is 5.32 Å². The minimum absolute atomic E-state index is 0.223. The van der Waals surface area contributed by atoms with Crippen LogP contribution in [-0.4, -0.2) is 95.4 Å². The van der Waals surface area contributed by atoms with Gasteiger partial charge in [-0.15, -0.1) is 0 Å². The van der Waals surface area contributed by atoms with Crippen molar-refractivity contribution in [3.63, 3.8) is 0 Å². The van der Waals surface area contributed by atoms with E-state index >= 15 is 0 Å². The molecule has 6 N–H and O–H groups in total. The normalized spacial score (nSPS) is 18.9. The van der Waals surface area contributed by atoms with Crippen molar-refractivity contribution >= 4 is 16.3 Å². The Balaban J connectivity index is 2.17. The summed E-state index contributed by atoms with van der Waals surface area (Å²) >= 11 is 0. The number of aliphatic hydroxyl groups is 4. The molecule has 1 saturated heterocycles. The number of allylic oxidation sites excluding steroid dienone is 2. The van der Waals surface area contributed by atoms with Crippen molar-refractivity contribution < 1.29 is 51.8 Å². The standard InChI is InChI=1S/C64H125NO11S/c1-3-5-7-9-11-13-15-17-19-20-21-22-23-24-25-26-27-28-29-30-31-32-33-34-35-36-37-38-40-42-44-46-48-50-52-54-60(68)65-57(56-74-64-62(70)63(76-77(71,72)73)61(69)59(55-66)75-64)58(67)53-51-49-47-45-43-41-39-18-16-14-12-10-8-6-4-2/h26-27,57-59,61-64,66-67,69-70H,3-25,28-56H2,1-2H3,(H,65,68)(H,71,72,73)/b27-26-. The highest BCUT2D eigenvalue weighted by Crippen LogP contribution is 2.26. The largest absolute Gasteiger partial charge is 0.397 e. The van der Waals surface area contributed by atoms with Crippen molar-refractivity contribution in [2.24, 2.45) is 0 Å². The van der Waals surface area contributed by atoms with E-state index in [9.17, 15) is 38.2 Å². The van der Waals surface area contributed by atoms with Gasteiger partial charge in [-0.3, -0.25) is 9.35 Å². The molecule has 0 spiro atoms. The van der Waals surface area contributed by atoms with Gasteiger partial charge in [-0.1, -0.05) is 302 Å². The Labute approximate surface area is 474 Å². The molecule has 1 fully saturated rings. The number of amides is 1. The molecule has 1 heterocycles. The summed E-state index contributed by atoms with van der Waals surface area (Å²) < 4.78 is 48.0. The maximum Gasteiger partial charge on any atom is 0.397 e. The zero-order chi connectivity index (χ0) is 56.1. The first kappa shape index (κ1) is 73.9. The van der Waals surface area contributed by atoms with Crippen LogP contribution in [0.4, 0.5) is 0 Å². The SMILES string of the molecule is CCCCCCCCCCCCCCCC/C=C\CCCCCCCCCCCCCCCCCCCC(=O)NC(COC1OC(CO)C(O)C(OS(=O)(=O)O)C1O)C(O)CCCCCCCCCCCCCCCCC. The van der Waals surface area contributed by atoms with E-state index < -0.39 is 59.9 Å². The van der Waals surface area contributed by atoms with E-state index in [4.69, 9.17) is 9.47 Å². The van der Waals surface area contributed by atoms with Crippen LogP contribution in [0.2, 0.25) is 0 Å². The molecule has 0 aromatic carbocycles. The summed E-state index contributed by atoms with van der Waals surface area (Å²) in [5, 5.41) is 45.2. The fraction of sp³-hybridized carbons (Fsp3) is 0.953. The van der Waals surface area contributed by atoms with E-state index in [1.165, 1.54) is 257 Å². The second-order valence-electron chi connectivity index (χ2n) is 23.4. The molecule has 458 valence electrons. The van der Waals surface area contributed by atoms with Crippen molar-refractivity contribution in [1.82, 2.24) is 5.32 Å². The highest BCUT2D eigenvalue weighted by atomic mass is 32.3. The number of nitrogens with one attached hydrogen (secondary N) is 1. The molecule has 12 nitrogen and oxygen atoms in total. The van der Waals surface area contributed by atoms with Gasteiger partial charge < -0.3 is 35.2 Å². The third-order valence-corrected chi connectivity index (χ3v) is 16.5. The van der Waals surface area contributed by atoms with Crippen LogP contribution in [0.25, 0.3) is 0 Å². The highest BCUT2D eigenvalue weighted by Gasteiger charge is 2.48. The van der Waals surface area contributed by atoms with E-state index in [0.717, 1.165) is 51.4 Å². The van der Waals surface area contributed by atoms with Gasteiger partial charge in [0, 0.05) is 6.42 Å². The van der Waals surface area contributed by atoms with Crippen LogP contribution in [0, 0.1) is 0 Å². The number of ether oxygens (including phenoxy) is 2. The minimum atomic E-state index is -5.08. The molecule has 7 atom stereocenters. The third kappa shape index (κ3) is 46.1. The smallest absolute Gasteiger partial charge is 0.394 e. The van der Waals surface area contributed by atoms with Gasteiger partial charge in [0.25, 0.3) is 0 Å². The summed E-state index contributed by atoms with van der Waals surface area (Å²) in [6.45, 7) is 3.50. The van der Waals surface area contributed by atoms with Crippen LogP contribution in [0.3, 0.4) is 0 Å². The van der Waals surface area contributed by atoms with Gasteiger partial charge in [-0.2, -0.15) is 8.42 Å². The van der Waals surface area contributed by atoms with Crippen LogP contribution in [-0.2, 0) is 28.9 Å². The first-order valence-corrected chi connectivity index (χ1v) is 34.4. The van der Waals surface area contributed by atoms with E-state index in [1.54, 1.807) is 0 Å². The Kier molecular flexibility index (Phi) is 51.9. The fourth-order valence-corrected chi connectivity index (χ4v) is 11.5. The van der Waals surface area contributed by atoms with Crippen LogP contribution in [0.1, 0.15) is 335 Å². The quantitative estimate of drug-likeness (QED) is 0.0193. The molecule has 0 aliphatic carbocycles. The molecule has 1 rings (SSSR count). The Morgan fingerprint density at radius 1 is 0.506 bits per heavy atom. The first-order chi connectivity index (χ1) is 37.5. The fourth-order valence-electron chi connectivity index (χ4n) is 11.0. The number of rotatable bonds is 59. The second kappa shape index (κ2) is 54.1. The van der Waals surface area contributed by atoms with E-state index in [2.05, 4.69) is 35.5 Å². The highest BCUT2D eigenvalue weighted by molar-refractivity contribution is 7.80. The Morgan fingerprint density at radius 2 is 0.831 bits per heavy atom. The van der Waals surface area contributed by atoms with Crippen molar-refractivity contribution in [3.05, 3.63) is 12.2 Å². The average molecular weight is 1120 g/mol. The molecule has 1 amide bonds. The summed E-state index contributed by atoms with van der Waals surface area (Å²) in [5.74, 6) is -0.223. The molecule has 1 aliphatic heterocycles. The average Bonchev–Trinajstić information content (AvgIpc) is 3.41. The molecular formula is C64H125NO11S. The molecule has 0 aromatic heterocycles. The lowest BCUT2D eigenvalue weighted by atomic mass is 9.99. The van der Waals surface area contributed by atoms with Gasteiger partial charge in [-0.25, -0.2) is 4.18 Å². The lowest BCUT2D eigenvalue weighted by Crippen LogP contribution is -2.61. The summed E-state index contributed by atoms with van der Waals surface area (Å²) in [7, 11) is -5.08. The number of unbranched alkanes of at least 4 members (excludes halogenated alkanes) is 45. The summed E-state index contributed by atoms with van der Waals surface area (Å²) in [4.78, 5) is 13.2. The van der Waals surface area contributed by atoms with Gasteiger partial charge in [0.15, 0.2) is 6.29 Å². The van der Waals surface area contributed by atoms with Crippen LogP contribution >= 0.6 is 0 Å². The van der Waals surface area contributed by atoms with E-state index in [1.807, 2.05) is 0 Å². The zero-order valence-electron chi connectivity index (χ0n) is 50.1. The predicted octanol–water partition coefficient (Wildman–Crippen LogP) is 16.6. The maximum absolute atomic E-state index is 13.2. The van der Waals surface area contributed by atoms with Gasteiger partial charge in [0.2, 0.25) is 5.91 Å². The second-order valence-corrected chi connectivity index (χ2v) is 24.5. The number of aliphatic hydroxyl groups excluding tert-OH is 4. The predicted molar refractivity (Wildman–Crippen MR) is 319 cm³/mol. The van der Waals surface area contributed by atoms with Crippen LogP contribution in [0.15, 0.2) is 12.2 Å². The van der Waals surface area contributed by atoms with Gasteiger partial charge in [0.1, 0.15) is 24.4 Å². The molecule has 7 unspecified atom stereocenters. The van der Waals surface area contributed by atoms with E-state index in [-0.39, 0.29) is 12.5 Å². The topological polar surface area (TPSA) is 192 Å². The van der Waals surface area contributed by atoms with Gasteiger partial charge >= 0.3 is 10.4 Å². The molecule has 13 heteroatoms. The summed E-state index contributed by atoms with van der Waals surface area (Å²) in [6.07, 6.45) is 58.3. The molecular weight excluding hydrogens is 991 g/mol. The van der Waals surface area contributed by atoms with Crippen LogP contribution in [0.5, 0.6) is 0 Å². The van der Waals surface area contributed by atoms with E-state index in [0.29, 0.717) is 12.8 Å². The number of carbonyl (C=O) groups is 1. The number of hydrogen-bond acceptors (Lipinski definition) is 10. The number of hydrogen-bond donors (Lipinski definition) is 6. The molecule has 1 aliphatic rings. The van der Waals surface area contributed by atoms with Crippen molar-refractivity contribution in [1.29, 1.82) is 0 Å². The van der Waals surface area contributed by atoms with Gasteiger partial charge in [0.05, 0.1) is 25.4 Å². The lowest BCUT2D eigenvalue weighted by Gasteiger charge is -2.41. The Bertz CT molecular complexity index is 1400. The Morgan fingerprint density at radius 3 is 1.17 bits per heavy atom. The molecule has 0 aromatic rings. The monoisotopic (exact) mass is 1120 g/mol. The Hall–Kier alpha value is -1.16. The number of carbonyl (C=O) groups excluding carboxylic acids is 1. The van der Waals surface area contributed by atoms with Crippen molar-refractivity contribution in [2.45, 2.75) is 378 Å². The zero-order valence-corrected chi connectivity index (χ0v) is 50.9. The molecule has 0 bridgehead atoms. The first-order valence-electron chi connectivity index (χ1n) is 33.1. The molecule has 0 radical (unpaired) electrons. The molecule has 77 heavy (non-hydrogen) atoms. The lowest BCUT2D eigenvalue weighted by molar-refractivity contribution is -0.298. The maximum atomic E-state index is 13.2. The summed E-state index contributed by atoms with van der Waals surface area (Å²) in [5.41, 5.74) is 0. The minimum Gasteiger partial charge on any atom is -0.394 e. The summed E-state index contributed by atoms with van der Waals surface area (Å²) in [6, 6.07) is -0.855.